The molecule has 0 unspecified atom stereocenters. The molecule has 3 aromatic carbocycles. The number of nitrogens with zero attached hydrogens (tertiary/aromatic N) is 1. The van der Waals surface area contributed by atoms with Crippen LogP contribution in [-0.4, -0.2) is 13.0 Å². The number of methoxy groups -OCH3 is 1. The highest BCUT2D eigenvalue weighted by Crippen LogP contribution is 2.37. The lowest BCUT2D eigenvalue weighted by Crippen LogP contribution is -2.31. The van der Waals surface area contributed by atoms with Crippen LogP contribution in [0.5, 0.6) is 5.75 Å². The number of fused-ring (bicyclic) bond motifs is 3. The summed E-state index contributed by atoms with van der Waals surface area (Å²) >= 11 is 0. The predicted molar refractivity (Wildman–Crippen MR) is 111 cm³/mol. The zero-order valence-electron chi connectivity index (χ0n) is 16.1. The second-order valence-electron chi connectivity index (χ2n) is 6.18. The van der Waals surface area contributed by atoms with Crippen molar-refractivity contribution in [3.63, 3.8) is 0 Å². The number of hydrogen-bond donors (Lipinski definition) is 0. The van der Waals surface area contributed by atoms with Gasteiger partial charge in [-0.05, 0) is 34.9 Å². The predicted octanol–water partition coefficient (Wildman–Crippen LogP) is 5.48. The zero-order chi connectivity index (χ0) is 19.2. The first-order valence-corrected chi connectivity index (χ1v) is 9.37. The molecule has 3 nitrogen and oxygen atoms in total. The molecule has 1 amide bonds. The Labute approximate surface area is 161 Å². The van der Waals surface area contributed by atoms with E-state index in [1.165, 1.54) is 0 Å². The average Bonchev–Trinajstić information content (AvgIpc) is 2.85. The summed E-state index contributed by atoms with van der Waals surface area (Å²) < 4.78 is 5.22. The molecule has 1 aliphatic heterocycles. The Kier molecular flexibility index (Phi) is 5.92. The van der Waals surface area contributed by atoms with Gasteiger partial charge in [0.15, 0.2) is 0 Å². The minimum Gasteiger partial charge on any atom is -0.497 e. The normalized spacial score (nSPS) is 12.3. The zero-order valence-corrected chi connectivity index (χ0v) is 16.1. The Balaban J connectivity index is 0.00000102. The van der Waals surface area contributed by atoms with E-state index in [1.807, 2.05) is 79.4 Å². The molecule has 0 fully saturated rings. The summed E-state index contributed by atoms with van der Waals surface area (Å²) in [5.74, 6) is 0.937. The highest BCUT2D eigenvalue weighted by molar-refractivity contribution is 6.02. The molecule has 0 bridgehead atoms. The third-order valence-electron chi connectivity index (χ3n) is 4.64. The summed E-state index contributed by atoms with van der Waals surface area (Å²) in [6.07, 6.45) is 0.418. The maximum absolute atomic E-state index is 13.0. The minimum atomic E-state index is 0.119. The lowest BCUT2D eigenvalue weighted by atomic mass is 9.98. The van der Waals surface area contributed by atoms with Crippen LogP contribution in [0.1, 0.15) is 25.0 Å². The van der Waals surface area contributed by atoms with E-state index in [4.69, 9.17) is 4.74 Å². The van der Waals surface area contributed by atoms with Crippen molar-refractivity contribution in [2.45, 2.75) is 26.8 Å². The number of benzene rings is 3. The van der Waals surface area contributed by atoms with E-state index in [0.29, 0.717) is 13.0 Å². The number of carbonyl (C=O) groups is 1. The molecule has 0 radical (unpaired) electrons. The first kappa shape index (κ1) is 18.7. The molecule has 0 saturated carbocycles. The number of carbonyl (C=O) groups excluding carboxylic acids is 1. The fraction of sp³-hybridized carbons (Fsp3) is 0.208. The van der Waals surface area contributed by atoms with Gasteiger partial charge in [-0.2, -0.15) is 0 Å². The fourth-order valence-corrected chi connectivity index (χ4v) is 3.35. The van der Waals surface area contributed by atoms with Crippen molar-refractivity contribution in [1.82, 2.24) is 0 Å². The Morgan fingerprint density at radius 2 is 1.48 bits per heavy atom. The van der Waals surface area contributed by atoms with E-state index in [1.54, 1.807) is 7.11 Å². The maximum atomic E-state index is 13.0. The second kappa shape index (κ2) is 8.54. The summed E-state index contributed by atoms with van der Waals surface area (Å²) in [6.45, 7) is 4.55. The van der Waals surface area contributed by atoms with Crippen molar-refractivity contribution in [3.8, 4) is 16.9 Å². The van der Waals surface area contributed by atoms with Gasteiger partial charge in [0.2, 0.25) is 5.91 Å². The van der Waals surface area contributed by atoms with Gasteiger partial charge in [0.25, 0.3) is 0 Å². The molecule has 0 atom stereocenters. The molecular formula is C24H25NO2. The summed E-state index contributed by atoms with van der Waals surface area (Å²) in [5, 5.41) is 0. The Morgan fingerprint density at radius 1 is 0.852 bits per heavy atom. The van der Waals surface area contributed by atoms with Crippen LogP contribution >= 0.6 is 0 Å². The number of rotatable bonds is 3. The molecule has 0 aromatic heterocycles. The summed E-state index contributed by atoms with van der Waals surface area (Å²) in [5.41, 5.74) is 5.38. The van der Waals surface area contributed by atoms with Gasteiger partial charge in [-0.25, -0.2) is 0 Å². The Bertz CT molecular complexity index is 916. The molecule has 3 heteroatoms. The summed E-state index contributed by atoms with van der Waals surface area (Å²) in [7, 11) is 1.65. The molecule has 27 heavy (non-hydrogen) atoms. The van der Waals surface area contributed by atoms with Crippen molar-refractivity contribution in [3.05, 3.63) is 83.9 Å². The number of para-hydroxylation sites is 1. The van der Waals surface area contributed by atoms with Gasteiger partial charge in [-0.15, -0.1) is 0 Å². The Morgan fingerprint density at radius 3 is 2.19 bits per heavy atom. The van der Waals surface area contributed by atoms with E-state index < -0.39 is 0 Å². The quantitative estimate of drug-likeness (QED) is 0.620. The van der Waals surface area contributed by atoms with Crippen LogP contribution in [0, 0.1) is 0 Å². The van der Waals surface area contributed by atoms with Crippen LogP contribution in [0.3, 0.4) is 0 Å². The maximum Gasteiger partial charge on any atom is 0.231 e. The number of amides is 1. The Hall–Kier alpha value is -3.07. The lowest BCUT2D eigenvalue weighted by molar-refractivity contribution is -0.118. The van der Waals surface area contributed by atoms with E-state index in [9.17, 15) is 4.79 Å². The SMILES string of the molecule is CC.COc1ccc(CN2C(=O)Cc3ccccc3-c3ccccc32)cc1. The van der Waals surface area contributed by atoms with Gasteiger partial charge < -0.3 is 9.64 Å². The molecule has 0 aliphatic carbocycles. The van der Waals surface area contributed by atoms with Crippen LogP contribution in [0.2, 0.25) is 0 Å². The fourth-order valence-electron chi connectivity index (χ4n) is 3.35. The van der Waals surface area contributed by atoms with Crippen molar-refractivity contribution >= 4 is 11.6 Å². The van der Waals surface area contributed by atoms with Crippen LogP contribution in [0.15, 0.2) is 72.8 Å². The molecule has 0 N–H and O–H groups in total. The molecule has 1 heterocycles. The molecule has 138 valence electrons. The lowest BCUT2D eigenvalue weighted by Gasteiger charge is -2.23. The van der Waals surface area contributed by atoms with Crippen molar-refractivity contribution in [2.75, 3.05) is 12.0 Å². The van der Waals surface area contributed by atoms with Gasteiger partial charge in [-0.1, -0.05) is 68.4 Å². The van der Waals surface area contributed by atoms with Gasteiger partial charge in [-0.3, -0.25) is 4.79 Å². The molecule has 1 aliphatic rings. The van der Waals surface area contributed by atoms with E-state index in [2.05, 4.69) is 12.1 Å². The molecule has 3 aromatic rings. The van der Waals surface area contributed by atoms with Crippen molar-refractivity contribution in [2.24, 2.45) is 0 Å². The van der Waals surface area contributed by atoms with E-state index >= 15 is 0 Å². The highest BCUT2D eigenvalue weighted by Gasteiger charge is 2.25. The average molecular weight is 359 g/mol. The van der Waals surface area contributed by atoms with Gasteiger partial charge in [0.05, 0.1) is 25.8 Å². The molecular weight excluding hydrogens is 334 g/mol. The van der Waals surface area contributed by atoms with Crippen LogP contribution in [0.4, 0.5) is 5.69 Å². The third kappa shape index (κ3) is 3.87. The van der Waals surface area contributed by atoms with Gasteiger partial charge >= 0.3 is 0 Å². The molecule has 0 saturated heterocycles. The monoisotopic (exact) mass is 359 g/mol. The molecule has 0 spiro atoms. The van der Waals surface area contributed by atoms with E-state index in [0.717, 1.165) is 33.7 Å². The minimum absolute atomic E-state index is 0.119. The topological polar surface area (TPSA) is 29.5 Å². The van der Waals surface area contributed by atoms with Crippen LogP contribution < -0.4 is 9.64 Å². The smallest absolute Gasteiger partial charge is 0.231 e. The highest BCUT2D eigenvalue weighted by atomic mass is 16.5. The first-order valence-electron chi connectivity index (χ1n) is 9.37. The molecule has 4 rings (SSSR count). The first-order chi connectivity index (χ1) is 13.3. The summed E-state index contributed by atoms with van der Waals surface area (Å²) in [6, 6.07) is 24.2. The van der Waals surface area contributed by atoms with Crippen LogP contribution in [0.25, 0.3) is 11.1 Å². The number of ether oxygens (including phenoxy) is 1. The van der Waals surface area contributed by atoms with Gasteiger partial charge in [0.1, 0.15) is 5.75 Å². The van der Waals surface area contributed by atoms with Crippen molar-refractivity contribution < 1.29 is 9.53 Å². The second-order valence-corrected chi connectivity index (χ2v) is 6.18. The number of anilines is 1. The number of hydrogen-bond acceptors (Lipinski definition) is 2. The van der Waals surface area contributed by atoms with Crippen molar-refractivity contribution in [1.29, 1.82) is 0 Å². The van der Waals surface area contributed by atoms with Gasteiger partial charge in [0, 0.05) is 5.56 Å². The largest absolute Gasteiger partial charge is 0.497 e. The summed E-state index contributed by atoms with van der Waals surface area (Å²) in [4.78, 5) is 14.9. The third-order valence-corrected chi connectivity index (χ3v) is 4.64. The standard InChI is InChI=1S/C22H19NO2.C2H6/c1-25-18-12-10-16(11-13-18)15-23-21-9-5-4-8-20(21)19-7-3-2-6-17(19)14-22(23)24;1-2/h2-13H,14-15H2,1H3;1-2H3. The van der Waals surface area contributed by atoms with Crippen LogP contribution in [-0.2, 0) is 17.8 Å². The van der Waals surface area contributed by atoms with E-state index in [-0.39, 0.29) is 5.91 Å².